The summed E-state index contributed by atoms with van der Waals surface area (Å²) in [6.07, 6.45) is 0.341. The van der Waals surface area contributed by atoms with E-state index in [0.29, 0.717) is 56.3 Å². The molecular formula is C28H38N2O7. The lowest BCUT2D eigenvalue weighted by atomic mass is 9.92. The Hall–Kier alpha value is -3.46. The third-order valence-corrected chi connectivity index (χ3v) is 6.36. The second kappa shape index (κ2) is 13.7. The van der Waals surface area contributed by atoms with Crippen LogP contribution >= 0.6 is 0 Å². The van der Waals surface area contributed by atoms with Crippen LogP contribution in [0.5, 0.6) is 17.2 Å². The number of carbonyl (C=O) groups excluding carboxylic acids is 1. The first-order valence-corrected chi connectivity index (χ1v) is 12.6. The Labute approximate surface area is 218 Å². The number of likely N-dealkylation sites (tertiary alicyclic amines) is 1. The molecule has 9 nitrogen and oxygen atoms in total. The van der Waals surface area contributed by atoms with Crippen molar-refractivity contribution in [1.29, 1.82) is 0 Å². The van der Waals surface area contributed by atoms with Gasteiger partial charge in [-0.25, -0.2) is 4.79 Å². The van der Waals surface area contributed by atoms with Crippen molar-refractivity contribution in [2.45, 2.75) is 38.8 Å². The van der Waals surface area contributed by atoms with Gasteiger partial charge in [0.05, 0.1) is 26.4 Å². The molecule has 1 aliphatic rings. The fourth-order valence-electron chi connectivity index (χ4n) is 4.66. The molecule has 0 bridgehead atoms. The summed E-state index contributed by atoms with van der Waals surface area (Å²) >= 11 is 0. The number of hydrogen-bond donors (Lipinski definition) is 1. The monoisotopic (exact) mass is 514 g/mol. The molecule has 0 aromatic heterocycles. The van der Waals surface area contributed by atoms with Gasteiger partial charge < -0.3 is 33.9 Å². The molecule has 2 amide bonds. The van der Waals surface area contributed by atoms with Gasteiger partial charge in [-0.05, 0) is 50.6 Å². The first-order chi connectivity index (χ1) is 17.8. The number of benzene rings is 2. The van der Waals surface area contributed by atoms with Crippen molar-refractivity contribution in [3.05, 3.63) is 54.1 Å². The van der Waals surface area contributed by atoms with Crippen LogP contribution in [0.2, 0.25) is 0 Å². The molecule has 37 heavy (non-hydrogen) atoms. The van der Waals surface area contributed by atoms with Gasteiger partial charge in [-0.3, -0.25) is 4.79 Å². The normalized spacial score (nSPS) is 17.4. The number of nitrogens with zero attached hydrogens (tertiary/aromatic N) is 2. The molecule has 9 heteroatoms. The fourth-order valence-corrected chi connectivity index (χ4v) is 4.66. The number of para-hydroxylation sites is 1. The molecule has 2 aromatic carbocycles. The molecule has 3 rings (SSSR count). The van der Waals surface area contributed by atoms with E-state index >= 15 is 0 Å². The number of amides is 2. The highest BCUT2D eigenvalue weighted by atomic mass is 16.5. The minimum Gasteiger partial charge on any atom is -0.493 e. The van der Waals surface area contributed by atoms with Gasteiger partial charge in [0.2, 0.25) is 0 Å². The Morgan fingerprint density at radius 2 is 1.78 bits per heavy atom. The van der Waals surface area contributed by atoms with E-state index in [1.165, 1.54) is 4.90 Å². The minimum absolute atomic E-state index is 0.0559. The molecule has 0 saturated carbocycles. The Bertz CT molecular complexity index is 1010. The van der Waals surface area contributed by atoms with Crippen LogP contribution in [0.1, 0.15) is 37.0 Å². The highest BCUT2D eigenvalue weighted by Crippen LogP contribution is 2.31. The van der Waals surface area contributed by atoms with Crippen LogP contribution in [-0.2, 0) is 4.74 Å². The second-order valence-electron chi connectivity index (χ2n) is 9.43. The van der Waals surface area contributed by atoms with Crippen LogP contribution < -0.4 is 14.2 Å². The number of rotatable bonds is 12. The van der Waals surface area contributed by atoms with Crippen molar-refractivity contribution in [3.8, 4) is 17.2 Å². The lowest BCUT2D eigenvalue weighted by molar-refractivity contribution is 0.0285. The molecule has 2 aromatic rings. The summed E-state index contributed by atoms with van der Waals surface area (Å²) in [6.45, 7) is 5.86. The number of carboxylic acid groups (broad SMARTS) is 1. The largest absolute Gasteiger partial charge is 0.493 e. The molecule has 0 aliphatic carbocycles. The molecule has 0 radical (unpaired) electrons. The highest BCUT2D eigenvalue weighted by Gasteiger charge is 2.37. The third kappa shape index (κ3) is 7.76. The highest BCUT2D eigenvalue weighted by molar-refractivity contribution is 5.95. The van der Waals surface area contributed by atoms with E-state index < -0.39 is 6.09 Å². The maximum atomic E-state index is 13.8. The molecule has 1 fully saturated rings. The van der Waals surface area contributed by atoms with E-state index in [-0.39, 0.29) is 30.5 Å². The van der Waals surface area contributed by atoms with Crippen LogP contribution in [0.4, 0.5) is 4.79 Å². The predicted octanol–water partition coefficient (Wildman–Crippen LogP) is 4.41. The number of piperidine rings is 1. The number of carbonyl (C=O) groups is 2. The second-order valence-corrected chi connectivity index (χ2v) is 9.43. The van der Waals surface area contributed by atoms with Crippen molar-refractivity contribution < 1.29 is 33.6 Å². The van der Waals surface area contributed by atoms with Gasteiger partial charge in [0.15, 0.2) is 11.5 Å². The molecule has 1 saturated heterocycles. The molecule has 1 aliphatic heterocycles. The quantitative estimate of drug-likeness (QED) is 0.419. The van der Waals surface area contributed by atoms with Crippen LogP contribution in [0.25, 0.3) is 0 Å². The van der Waals surface area contributed by atoms with E-state index in [4.69, 9.17) is 18.9 Å². The maximum absolute atomic E-state index is 13.8. The van der Waals surface area contributed by atoms with Crippen LogP contribution in [0.15, 0.2) is 48.5 Å². The van der Waals surface area contributed by atoms with Gasteiger partial charge in [0.1, 0.15) is 5.75 Å². The Morgan fingerprint density at radius 1 is 1.03 bits per heavy atom. The Balaban J connectivity index is 1.79. The average molecular weight is 515 g/mol. The lowest BCUT2D eigenvalue weighted by Crippen LogP contribution is -2.56. The van der Waals surface area contributed by atoms with Gasteiger partial charge in [0, 0.05) is 50.8 Å². The molecule has 0 spiro atoms. The average Bonchev–Trinajstić information content (AvgIpc) is 2.90. The molecule has 202 valence electrons. The van der Waals surface area contributed by atoms with Crippen molar-refractivity contribution in [1.82, 2.24) is 9.80 Å². The van der Waals surface area contributed by atoms with Crippen molar-refractivity contribution >= 4 is 12.0 Å². The zero-order chi connectivity index (χ0) is 26.8. The summed E-state index contributed by atoms with van der Waals surface area (Å²) in [5.74, 6) is 1.52. The Morgan fingerprint density at radius 3 is 2.43 bits per heavy atom. The fraction of sp³-hybridized carbons (Fsp3) is 0.500. The summed E-state index contributed by atoms with van der Waals surface area (Å²) in [6, 6.07) is 14.1. The summed E-state index contributed by atoms with van der Waals surface area (Å²) < 4.78 is 22.3. The van der Waals surface area contributed by atoms with Crippen LogP contribution in [0.3, 0.4) is 0 Å². The van der Waals surface area contributed by atoms with Gasteiger partial charge in [-0.15, -0.1) is 0 Å². The van der Waals surface area contributed by atoms with Gasteiger partial charge in [-0.2, -0.15) is 0 Å². The van der Waals surface area contributed by atoms with E-state index in [1.54, 1.807) is 37.3 Å². The zero-order valence-electron chi connectivity index (χ0n) is 22.1. The van der Waals surface area contributed by atoms with E-state index in [1.807, 2.05) is 44.2 Å². The van der Waals surface area contributed by atoms with Crippen molar-refractivity contribution in [2.75, 3.05) is 47.1 Å². The SMILES string of the molecule is COCCCOc1cc(C(=O)N(C(C)C)[C@@H]2C[C@H](COc3ccccc3)CN(C(=O)O)C2)ccc1OC. The van der Waals surface area contributed by atoms with E-state index in [9.17, 15) is 14.7 Å². The summed E-state index contributed by atoms with van der Waals surface area (Å²) in [5.41, 5.74) is 0.459. The summed E-state index contributed by atoms with van der Waals surface area (Å²) in [5, 5.41) is 9.79. The van der Waals surface area contributed by atoms with Gasteiger partial charge >= 0.3 is 6.09 Å². The molecule has 2 atom stereocenters. The lowest BCUT2D eigenvalue weighted by Gasteiger charge is -2.43. The predicted molar refractivity (Wildman–Crippen MR) is 140 cm³/mol. The van der Waals surface area contributed by atoms with Crippen molar-refractivity contribution in [3.63, 3.8) is 0 Å². The third-order valence-electron chi connectivity index (χ3n) is 6.36. The molecular weight excluding hydrogens is 476 g/mol. The Kier molecular flexibility index (Phi) is 10.4. The van der Waals surface area contributed by atoms with E-state index in [0.717, 1.165) is 5.75 Å². The van der Waals surface area contributed by atoms with Crippen LogP contribution in [-0.4, -0.2) is 86.1 Å². The zero-order valence-corrected chi connectivity index (χ0v) is 22.1. The summed E-state index contributed by atoms with van der Waals surface area (Å²) in [7, 11) is 3.19. The molecule has 1 heterocycles. The van der Waals surface area contributed by atoms with Crippen molar-refractivity contribution in [2.24, 2.45) is 5.92 Å². The van der Waals surface area contributed by atoms with Crippen LogP contribution in [0, 0.1) is 5.92 Å². The standard InChI is InChI=1S/C28H38N2O7/c1-20(2)30(27(31)22-11-12-25(35-4)26(16-22)36-14-8-13-34-3)23-15-21(17-29(18-23)28(32)33)19-37-24-9-6-5-7-10-24/h5-7,9-12,16,20-21,23H,8,13-15,17-19H2,1-4H3,(H,32,33)/t21-,23+/m0/s1. The first kappa shape index (κ1) is 28.1. The topological polar surface area (TPSA) is 97.8 Å². The number of methoxy groups -OCH3 is 2. The molecule has 0 unspecified atom stereocenters. The molecule has 1 N–H and O–H groups in total. The number of ether oxygens (including phenoxy) is 4. The number of hydrogen-bond acceptors (Lipinski definition) is 6. The van der Waals surface area contributed by atoms with Gasteiger partial charge in [-0.1, -0.05) is 18.2 Å². The first-order valence-electron chi connectivity index (χ1n) is 12.6. The van der Waals surface area contributed by atoms with E-state index in [2.05, 4.69) is 0 Å². The van der Waals surface area contributed by atoms with Gasteiger partial charge in [0.25, 0.3) is 5.91 Å². The minimum atomic E-state index is -0.998. The summed E-state index contributed by atoms with van der Waals surface area (Å²) in [4.78, 5) is 28.9. The maximum Gasteiger partial charge on any atom is 0.407 e. The smallest absolute Gasteiger partial charge is 0.407 e.